The summed E-state index contributed by atoms with van der Waals surface area (Å²) in [6, 6.07) is 10.8. The Bertz CT molecular complexity index is 675. The minimum absolute atomic E-state index is 0.0951. The van der Waals surface area contributed by atoms with Crippen LogP contribution in [-0.2, 0) is 24.8 Å². The first-order valence-electron chi connectivity index (χ1n) is 6.64. The number of aromatic nitrogens is 1. The van der Waals surface area contributed by atoms with Crippen LogP contribution in [0, 0.1) is 0 Å². The van der Waals surface area contributed by atoms with E-state index in [0.717, 1.165) is 11.3 Å². The van der Waals surface area contributed by atoms with Crippen molar-refractivity contribution >= 4 is 5.91 Å². The molecule has 1 heterocycles. The lowest BCUT2D eigenvalue weighted by molar-refractivity contribution is -0.120. The number of pyridine rings is 1. The molecule has 0 aliphatic carbocycles. The topological polar surface area (TPSA) is 60.3 Å². The molecule has 1 aromatic carbocycles. The molecule has 2 rings (SSSR count). The van der Waals surface area contributed by atoms with E-state index in [1.165, 1.54) is 4.57 Å². The van der Waals surface area contributed by atoms with Crippen LogP contribution >= 0.6 is 0 Å². The summed E-state index contributed by atoms with van der Waals surface area (Å²) in [7, 11) is 3.28. The van der Waals surface area contributed by atoms with Gasteiger partial charge in [-0.15, -0.1) is 0 Å². The molecule has 110 valence electrons. The SMILES string of the molecule is COc1ccc(CC(=O)NCc2cccn(C)c2=O)cc1. The zero-order chi connectivity index (χ0) is 15.2. The lowest BCUT2D eigenvalue weighted by Gasteiger charge is -2.07. The molecule has 0 unspecified atom stereocenters. The van der Waals surface area contributed by atoms with Gasteiger partial charge in [-0.05, 0) is 23.8 Å². The summed E-state index contributed by atoms with van der Waals surface area (Å²) >= 11 is 0. The van der Waals surface area contributed by atoms with Crippen molar-refractivity contribution in [3.8, 4) is 5.75 Å². The van der Waals surface area contributed by atoms with E-state index in [1.54, 1.807) is 32.5 Å². The van der Waals surface area contributed by atoms with Crippen LogP contribution in [0.15, 0.2) is 47.4 Å². The lowest BCUT2D eigenvalue weighted by atomic mass is 10.1. The van der Waals surface area contributed by atoms with Crippen molar-refractivity contribution in [1.82, 2.24) is 9.88 Å². The van der Waals surface area contributed by atoms with E-state index in [9.17, 15) is 9.59 Å². The highest BCUT2D eigenvalue weighted by atomic mass is 16.5. The van der Waals surface area contributed by atoms with Gasteiger partial charge in [0.1, 0.15) is 5.75 Å². The van der Waals surface area contributed by atoms with E-state index in [2.05, 4.69) is 5.32 Å². The van der Waals surface area contributed by atoms with Crippen molar-refractivity contribution in [2.24, 2.45) is 7.05 Å². The molecule has 0 atom stereocenters. The van der Waals surface area contributed by atoms with Gasteiger partial charge in [0.05, 0.1) is 13.5 Å². The predicted octanol–water partition coefficient (Wildman–Crippen LogP) is 1.25. The van der Waals surface area contributed by atoms with Gasteiger partial charge in [-0.2, -0.15) is 0 Å². The van der Waals surface area contributed by atoms with Crippen LogP contribution in [-0.4, -0.2) is 17.6 Å². The van der Waals surface area contributed by atoms with Gasteiger partial charge in [0.2, 0.25) is 5.91 Å². The molecule has 0 aliphatic rings. The van der Waals surface area contributed by atoms with Crippen LogP contribution in [0.25, 0.3) is 0 Å². The number of amides is 1. The summed E-state index contributed by atoms with van der Waals surface area (Å²) in [5, 5.41) is 2.76. The Labute approximate surface area is 123 Å². The minimum atomic E-state index is -0.119. The van der Waals surface area contributed by atoms with Crippen molar-refractivity contribution in [2.75, 3.05) is 7.11 Å². The fourth-order valence-corrected chi connectivity index (χ4v) is 1.97. The molecule has 1 aromatic heterocycles. The molecule has 0 saturated heterocycles. The highest BCUT2D eigenvalue weighted by Crippen LogP contribution is 2.11. The van der Waals surface area contributed by atoms with Crippen molar-refractivity contribution in [3.63, 3.8) is 0 Å². The molecule has 5 heteroatoms. The smallest absolute Gasteiger partial charge is 0.255 e. The van der Waals surface area contributed by atoms with Crippen molar-refractivity contribution in [1.29, 1.82) is 0 Å². The number of ether oxygens (including phenoxy) is 1. The van der Waals surface area contributed by atoms with Crippen LogP contribution in [0.2, 0.25) is 0 Å². The number of hydrogen-bond acceptors (Lipinski definition) is 3. The number of nitrogens with one attached hydrogen (secondary N) is 1. The number of aryl methyl sites for hydroxylation is 1. The van der Waals surface area contributed by atoms with Gasteiger partial charge in [0.25, 0.3) is 5.56 Å². The van der Waals surface area contributed by atoms with E-state index in [1.807, 2.05) is 24.3 Å². The highest BCUT2D eigenvalue weighted by Gasteiger charge is 2.06. The number of benzene rings is 1. The molecule has 0 aliphatic heterocycles. The molecule has 1 amide bonds. The van der Waals surface area contributed by atoms with Crippen LogP contribution in [0.5, 0.6) is 5.75 Å². The maximum Gasteiger partial charge on any atom is 0.255 e. The van der Waals surface area contributed by atoms with Gasteiger partial charge >= 0.3 is 0 Å². The van der Waals surface area contributed by atoms with Crippen LogP contribution in [0.1, 0.15) is 11.1 Å². The Hall–Kier alpha value is -2.56. The molecule has 0 saturated carbocycles. The number of hydrogen-bond donors (Lipinski definition) is 1. The van der Waals surface area contributed by atoms with E-state index >= 15 is 0 Å². The minimum Gasteiger partial charge on any atom is -0.497 e. The van der Waals surface area contributed by atoms with Gasteiger partial charge in [-0.25, -0.2) is 0 Å². The molecule has 0 fully saturated rings. The number of rotatable bonds is 5. The van der Waals surface area contributed by atoms with Crippen LogP contribution in [0.4, 0.5) is 0 Å². The number of methoxy groups -OCH3 is 1. The average Bonchev–Trinajstić information content (AvgIpc) is 2.49. The molecule has 0 spiro atoms. The Balaban J connectivity index is 1.92. The summed E-state index contributed by atoms with van der Waals surface area (Å²) in [6.45, 7) is 0.239. The van der Waals surface area contributed by atoms with E-state index < -0.39 is 0 Å². The second kappa shape index (κ2) is 6.74. The third-order valence-electron chi connectivity index (χ3n) is 3.20. The quantitative estimate of drug-likeness (QED) is 0.900. The maximum atomic E-state index is 11.9. The first-order chi connectivity index (χ1) is 10.1. The Morgan fingerprint density at radius 3 is 2.62 bits per heavy atom. The first-order valence-corrected chi connectivity index (χ1v) is 6.64. The van der Waals surface area contributed by atoms with Crippen molar-refractivity contribution < 1.29 is 9.53 Å². The first kappa shape index (κ1) is 14.8. The van der Waals surface area contributed by atoms with Crippen molar-refractivity contribution in [3.05, 3.63) is 64.1 Å². The summed E-state index contributed by atoms with van der Waals surface area (Å²) in [6.07, 6.45) is 1.96. The molecule has 0 bridgehead atoms. The summed E-state index contributed by atoms with van der Waals surface area (Å²) < 4.78 is 6.56. The van der Waals surface area contributed by atoms with Gasteiger partial charge in [0.15, 0.2) is 0 Å². The Morgan fingerprint density at radius 1 is 1.24 bits per heavy atom. The normalized spacial score (nSPS) is 10.2. The summed E-state index contributed by atoms with van der Waals surface area (Å²) in [5.41, 5.74) is 1.37. The fourth-order valence-electron chi connectivity index (χ4n) is 1.97. The molecule has 2 aromatic rings. The third kappa shape index (κ3) is 3.95. The van der Waals surface area contributed by atoms with Gasteiger partial charge in [0, 0.05) is 25.4 Å². The number of carbonyl (C=O) groups is 1. The van der Waals surface area contributed by atoms with E-state index in [4.69, 9.17) is 4.74 Å². The maximum absolute atomic E-state index is 11.9. The fraction of sp³-hybridized carbons (Fsp3) is 0.250. The van der Waals surface area contributed by atoms with Gasteiger partial charge in [-0.3, -0.25) is 9.59 Å². The molecule has 0 radical (unpaired) electrons. The van der Waals surface area contributed by atoms with Crippen LogP contribution < -0.4 is 15.6 Å². The van der Waals surface area contributed by atoms with Crippen molar-refractivity contribution in [2.45, 2.75) is 13.0 Å². The van der Waals surface area contributed by atoms with E-state index in [-0.39, 0.29) is 24.4 Å². The second-order valence-corrected chi connectivity index (χ2v) is 4.75. The number of carbonyl (C=O) groups excluding carboxylic acids is 1. The molecule has 21 heavy (non-hydrogen) atoms. The second-order valence-electron chi connectivity index (χ2n) is 4.75. The van der Waals surface area contributed by atoms with Gasteiger partial charge < -0.3 is 14.6 Å². The van der Waals surface area contributed by atoms with Gasteiger partial charge in [-0.1, -0.05) is 18.2 Å². The summed E-state index contributed by atoms with van der Waals surface area (Å²) in [5.74, 6) is 0.637. The monoisotopic (exact) mass is 286 g/mol. The average molecular weight is 286 g/mol. The third-order valence-corrected chi connectivity index (χ3v) is 3.20. The molecule has 1 N–H and O–H groups in total. The lowest BCUT2D eigenvalue weighted by Crippen LogP contribution is -2.29. The molecular weight excluding hydrogens is 268 g/mol. The largest absolute Gasteiger partial charge is 0.497 e. The zero-order valence-electron chi connectivity index (χ0n) is 12.1. The Kier molecular flexibility index (Phi) is 4.77. The Morgan fingerprint density at radius 2 is 1.95 bits per heavy atom. The van der Waals surface area contributed by atoms with E-state index in [0.29, 0.717) is 5.56 Å². The predicted molar refractivity (Wildman–Crippen MR) is 80.2 cm³/mol. The standard InChI is InChI=1S/C16H18N2O3/c1-18-9-3-4-13(16(18)20)11-17-15(19)10-12-5-7-14(21-2)8-6-12/h3-9H,10-11H2,1-2H3,(H,17,19). The highest BCUT2D eigenvalue weighted by molar-refractivity contribution is 5.78. The molecular formula is C16H18N2O3. The molecule has 5 nitrogen and oxygen atoms in total. The number of nitrogens with zero attached hydrogens (tertiary/aromatic N) is 1. The summed E-state index contributed by atoms with van der Waals surface area (Å²) in [4.78, 5) is 23.7. The van der Waals surface area contributed by atoms with Crippen LogP contribution in [0.3, 0.4) is 0 Å². The zero-order valence-corrected chi connectivity index (χ0v) is 12.1.